The number of halogens is 3. The molecule has 9 heteroatoms. The summed E-state index contributed by atoms with van der Waals surface area (Å²) in [6.07, 6.45) is -0.108. The maximum Gasteiger partial charge on any atom is 0.511 e. The highest BCUT2D eigenvalue weighted by molar-refractivity contribution is 7.90. The van der Waals surface area contributed by atoms with Crippen LogP contribution in [-0.4, -0.2) is 31.5 Å². The first-order valence-corrected chi connectivity index (χ1v) is 5.86. The van der Waals surface area contributed by atoms with Gasteiger partial charge in [0.05, 0.1) is 0 Å². The van der Waals surface area contributed by atoms with E-state index in [0.717, 1.165) is 0 Å². The molecule has 16 heavy (non-hydrogen) atoms. The van der Waals surface area contributed by atoms with E-state index in [2.05, 4.69) is 0 Å². The zero-order valence-corrected chi connectivity index (χ0v) is 9.23. The lowest BCUT2D eigenvalue weighted by atomic mass is 10.0. The maximum atomic E-state index is 11.9. The predicted molar refractivity (Wildman–Crippen MR) is 49.0 cm³/mol. The molecule has 0 aliphatic carbocycles. The van der Waals surface area contributed by atoms with Crippen molar-refractivity contribution in [3.63, 3.8) is 0 Å². The number of aliphatic carboxylic acids is 1. The zero-order chi connectivity index (χ0) is 13.0. The van der Waals surface area contributed by atoms with Gasteiger partial charge in [-0.05, 0) is 5.92 Å². The molecular weight excluding hydrogens is 251 g/mol. The number of carboxylic acids is 1. The molecular formula is C7H12F3NO4S. The molecule has 0 radical (unpaired) electrons. The molecule has 1 atom stereocenters. The summed E-state index contributed by atoms with van der Waals surface area (Å²) in [5.74, 6) is -1.84. The van der Waals surface area contributed by atoms with Crippen LogP contribution in [0.5, 0.6) is 0 Å². The molecule has 0 saturated carbocycles. The number of nitrogens with one attached hydrogen (secondary N) is 1. The molecule has 96 valence electrons. The minimum absolute atomic E-state index is 0.271. The van der Waals surface area contributed by atoms with Gasteiger partial charge in [0, 0.05) is 13.0 Å². The third-order valence-corrected chi connectivity index (χ3v) is 3.06. The minimum Gasteiger partial charge on any atom is -0.481 e. The summed E-state index contributed by atoms with van der Waals surface area (Å²) in [5.41, 5.74) is -5.37. The number of rotatable bonds is 6. The van der Waals surface area contributed by atoms with E-state index < -0.39 is 34.0 Å². The van der Waals surface area contributed by atoms with Gasteiger partial charge < -0.3 is 5.11 Å². The van der Waals surface area contributed by atoms with Gasteiger partial charge >= 0.3 is 21.5 Å². The van der Waals surface area contributed by atoms with E-state index in [1.807, 2.05) is 0 Å². The first kappa shape index (κ1) is 15.2. The molecule has 0 fully saturated rings. The van der Waals surface area contributed by atoms with Crippen LogP contribution in [0.4, 0.5) is 13.2 Å². The van der Waals surface area contributed by atoms with Gasteiger partial charge in [-0.15, -0.1) is 0 Å². The van der Waals surface area contributed by atoms with E-state index in [1.165, 1.54) is 4.72 Å². The number of alkyl halides is 3. The van der Waals surface area contributed by atoms with Gasteiger partial charge in [-0.2, -0.15) is 13.2 Å². The van der Waals surface area contributed by atoms with Gasteiger partial charge in [0.1, 0.15) is 0 Å². The van der Waals surface area contributed by atoms with Crippen LogP contribution in [0.2, 0.25) is 0 Å². The highest BCUT2D eigenvalue weighted by Gasteiger charge is 2.45. The van der Waals surface area contributed by atoms with Gasteiger partial charge in [0.15, 0.2) is 0 Å². The fourth-order valence-corrected chi connectivity index (χ4v) is 1.54. The van der Waals surface area contributed by atoms with Gasteiger partial charge in [-0.3, -0.25) is 4.79 Å². The van der Waals surface area contributed by atoms with Crippen LogP contribution >= 0.6 is 0 Å². The average Bonchev–Trinajstić information content (AvgIpc) is 2.09. The van der Waals surface area contributed by atoms with E-state index in [9.17, 15) is 26.4 Å². The van der Waals surface area contributed by atoms with Gasteiger partial charge in [0.2, 0.25) is 0 Å². The van der Waals surface area contributed by atoms with Gasteiger partial charge in [-0.1, -0.05) is 13.3 Å². The Labute approximate surface area is 90.7 Å². The molecule has 0 bridgehead atoms. The molecule has 5 nitrogen and oxygen atoms in total. The van der Waals surface area contributed by atoms with Crippen molar-refractivity contribution >= 4 is 16.0 Å². The summed E-state index contributed by atoms with van der Waals surface area (Å²) in [6.45, 7) is 1.03. The lowest BCUT2D eigenvalue weighted by Gasteiger charge is -2.14. The Morgan fingerprint density at radius 1 is 1.44 bits per heavy atom. The first-order chi connectivity index (χ1) is 7.10. The van der Waals surface area contributed by atoms with Crippen LogP contribution in [0, 0.1) is 5.92 Å². The molecule has 0 aliphatic heterocycles. The quantitative estimate of drug-likeness (QED) is 0.746. The average molecular weight is 263 g/mol. The van der Waals surface area contributed by atoms with E-state index in [0.29, 0.717) is 0 Å². The normalized spacial score (nSPS) is 14.8. The van der Waals surface area contributed by atoms with Crippen molar-refractivity contribution in [2.24, 2.45) is 5.92 Å². The van der Waals surface area contributed by atoms with Crippen molar-refractivity contribution < 1.29 is 31.5 Å². The Hall–Kier alpha value is -0.830. The number of hydrogen-bond acceptors (Lipinski definition) is 3. The summed E-state index contributed by atoms with van der Waals surface area (Å²) < 4.78 is 58.1. The molecule has 0 spiro atoms. The van der Waals surface area contributed by atoms with Gasteiger partial charge in [-0.25, -0.2) is 13.1 Å². The van der Waals surface area contributed by atoms with Crippen molar-refractivity contribution in [3.8, 4) is 0 Å². The Morgan fingerprint density at radius 2 is 1.94 bits per heavy atom. The molecule has 0 aromatic heterocycles. The van der Waals surface area contributed by atoms with Crippen molar-refractivity contribution in [1.82, 2.24) is 4.72 Å². The number of sulfonamides is 1. The van der Waals surface area contributed by atoms with Crippen LogP contribution in [0.25, 0.3) is 0 Å². The van der Waals surface area contributed by atoms with Crippen molar-refractivity contribution in [2.45, 2.75) is 25.3 Å². The van der Waals surface area contributed by atoms with Crippen molar-refractivity contribution in [1.29, 1.82) is 0 Å². The molecule has 0 aliphatic rings. The summed E-state index contributed by atoms with van der Waals surface area (Å²) in [4.78, 5) is 10.3. The van der Waals surface area contributed by atoms with E-state index >= 15 is 0 Å². The molecule has 0 heterocycles. The second-order valence-corrected chi connectivity index (χ2v) is 4.93. The first-order valence-electron chi connectivity index (χ1n) is 4.38. The van der Waals surface area contributed by atoms with Crippen LogP contribution in [0.15, 0.2) is 0 Å². The SMILES string of the molecule is CCC(CNS(=O)(=O)C(F)(F)F)CC(=O)O. The lowest BCUT2D eigenvalue weighted by molar-refractivity contribution is -0.138. The van der Waals surface area contributed by atoms with Crippen LogP contribution in [0.1, 0.15) is 19.8 Å². The standard InChI is InChI=1S/C7H12F3NO4S/c1-2-5(3-6(12)13)4-11-16(14,15)7(8,9)10/h5,11H,2-4H2,1H3,(H,12,13). The highest BCUT2D eigenvalue weighted by Crippen LogP contribution is 2.22. The molecule has 0 amide bonds. The zero-order valence-electron chi connectivity index (χ0n) is 8.41. The third kappa shape index (κ3) is 4.79. The van der Waals surface area contributed by atoms with Crippen LogP contribution in [-0.2, 0) is 14.8 Å². The van der Waals surface area contributed by atoms with Gasteiger partial charge in [0.25, 0.3) is 0 Å². The van der Waals surface area contributed by atoms with E-state index in [-0.39, 0.29) is 12.8 Å². The second kappa shape index (κ2) is 5.48. The van der Waals surface area contributed by atoms with Crippen LogP contribution < -0.4 is 4.72 Å². The number of hydrogen-bond donors (Lipinski definition) is 2. The summed E-state index contributed by atoms with van der Waals surface area (Å²) in [6, 6.07) is 0. The molecule has 0 rings (SSSR count). The van der Waals surface area contributed by atoms with E-state index in [1.54, 1.807) is 6.92 Å². The Kier molecular flexibility index (Phi) is 5.20. The fraction of sp³-hybridized carbons (Fsp3) is 0.857. The molecule has 0 aromatic carbocycles. The molecule has 2 N–H and O–H groups in total. The highest BCUT2D eigenvalue weighted by atomic mass is 32.2. The van der Waals surface area contributed by atoms with Crippen molar-refractivity contribution in [3.05, 3.63) is 0 Å². The number of carboxylic acid groups (broad SMARTS) is 1. The van der Waals surface area contributed by atoms with Crippen LogP contribution in [0.3, 0.4) is 0 Å². The Bertz CT molecular complexity index is 338. The molecule has 1 unspecified atom stereocenters. The van der Waals surface area contributed by atoms with E-state index in [4.69, 9.17) is 5.11 Å². The lowest BCUT2D eigenvalue weighted by Crippen LogP contribution is -2.39. The molecule has 0 saturated heterocycles. The smallest absolute Gasteiger partial charge is 0.481 e. The third-order valence-electron chi connectivity index (χ3n) is 1.91. The maximum absolute atomic E-state index is 11.9. The second-order valence-electron chi connectivity index (χ2n) is 3.17. The fourth-order valence-electron chi connectivity index (χ4n) is 0.917. The number of carbonyl (C=O) groups is 1. The summed E-state index contributed by atoms with van der Waals surface area (Å²) in [5, 5.41) is 8.40. The minimum atomic E-state index is -5.38. The summed E-state index contributed by atoms with van der Waals surface area (Å²) in [7, 11) is -5.38. The Morgan fingerprint density at radius 3 is 2.25 bits per heavy atom. The summed E-state index contributed by atoms with van der Waals surface area (Å²) >= 11 is 0. The predicted octanol–water partition coefficient (Wildman–Crippen LogP) is 0.927. The molecule has 0 aromatic rings. The largest absolute Gasteiger partial charge is 0.511 e. The van der Waals surface area contributed by atoms with Crippen molar-refractivity contribution in [2.75, 3.05) is 6.54 Å². The topological polar surface area (TPSA) is 83.5 Å². The monoisotopic (exact) mass is 263 g/mol. The Balaban J connectivity index is 4.38.